The number of anilines is 2. The molecular weight excluding hydrogens is 340 g/mol. The van der Waals surface area contributed by atoms with Crippen LogP contribution in [-0.2, 0) is 4.79 Å². The van der Waals surface area contributed by atoms with Gasteiger partial charge in [-0.1, -0.05) is 23.8 Å². The second-order valence-electron chi connectivity index (χ2n) is 6.84. The molecule has 2 aromatic rings. The molecule has 1 aliphatic carbocycles. The van der Waals surface area contributed by atoms with E-state index < -0.39 is 0 Å². The average molecular weight is 362 g/mol. The third-order valence-electron chi connectivity index (χ3n) is 4.87. The lowest BCUT2D eigenvalue weighted by atomic mass is 10.0. The zero-order valence-electron chi connectivity index (χ0n) is 15.2. The van der Waals surface area contributed by atoms with Gasteiger partial charge in [0.2, 0.25) is 11.9 Å². The quantitative estimate of drug-likeness (QED) is 0.811. The van der Waals surface area contributed by atoms with Crippen molar-refractivity contribution < 1.29 is 4.79 Å². The van der Waals surface area contributed by atoms with E-state index in [-0.39, 0.29) is 12.0 Å². The van der Waals surface area contributed by atoms with E-state index in [0.29, 0.717) is 11.5 Å². The number of likely N-dealkylation sites (tertiary alicyclic amines) is 1. The maximum atomic E-state index is 11.6. The smallest absolute Gasteiger partial charge is 0.241 e. The Balaban J connectivity index is 1.59. The lowest BCUT2D eigenvalue weighted by molar-refractivity contribution is 0.438. The number of hydrogen-bond acceptors (Lipinski definition) is 6. The van der Waals surface area contributed by atoms with Gasteiger partial charge < -0.3 is 16.0 Å². The molecule has 1 aliphatic heterocycles. The highest BCUT2D eigenvalue weighted by Crippen LogP contribution is 2.24. The summed E-state index contributed by atoms with van der Waals surface area (Å²) in [6.07, 6.45) is 8.27. The standard InChI is InChI=1S/C20H22N6O/c1-14-4-6-16(7-5-14)26-20(23-19(21)24-26)22-18-9-8-17(12-15(18)13-27)25-10-2-3-11-25/h4-9,12,18H,2-3,10-11H2,1H3,(H3,21,22,23,24). The number of carbonyl (C=O) groups excluding carboxylic acids is 1. The number of allylic oxidation sites excluding steroid dienone is 1. The lowest BCUT2D eigenvalue weighted by Crippen LogP contribution is -2.27. The fraction of sp³-hybridized carbons (Fsp3) is 0.300. The van der Waals surface area contributed by atoms with Crippen molar-refractivity contribution in [2.45, 2.75) is 25.8 Å². The van der Waals surface area contributed by atoms with Crippen molar-refractivity contribution in [1.82, 2.24) is 19.7 Å². The molecule has 1 aromatic carbocycles. The van der Waals surface area contributed by atoms with Crippen LogP contribution in [0.2, 0.25) is 0 Å². The Morgan fingerprint density at radius 3 is 2.67 bits per heavy atom. The Hall–Kier alpha value is -3.31. The zero-order chi connectivity index (χ0) is 18.8. The molecule has 0 amide bonds. The third-order valence-corrected chi connectivity index (χ3v) is 4.87. The molecule has 2 aliphatic rings. The van der Waals surface area contributed by atoms with Gasteiger partial charge in [-0.05, 0) is 44.1 Å². The Morgan fingerprint density at radius 1 is 1.22 bits per heavy atom. The summed E-state index contributed by atoms with van der Waals surface area (Å²) in [6.45, 7) is 4.08. The predicted octanol–water partition coefficient (Wildman–Crippen LogP) is 2.25. The zero-order valence-corrected chi connectivity index (χ0v) is 15.2. The molecule has 27 heavy (non-hydrogen) atoms. The van der Waals surface area contributed by atoms with Gasteiger partial charge in [0.15, 0.2) is 0 Å². The van der Waals surface area contributed by atoms with Crippen LogP contribution in [0.4, 0.5) is 11.9 Å². The Bertz CT molecular complexity index is 943. The Labute approximate surface area is 157 Å². The normalized spacial score (nSPS) is 19.1. The maximum absolute atomic E-state index is 11.6. The molecule has 138 valence electrons. The molecule has 1 saturated heterocycles. The Kier molecular flexibility index (Phi) is 4.52. The first-order valence-electron chi connectivity index (χ1n) is 9.10. The van der Waals surface area contributed by atoms with Crippen LogP contribution < -0.4 is 11.1 Å². The molecule has 4 rings (SSSR count). The number of hydrogen-bond donors (Lipinski definition) is 2. The van der Waals surface area contributed by atoms with Crippen LogP contribution in [0.5, 0.6) is 0 Å². The van der Waals surface area contributed by atoms with Crippen molar-refractivity contribution in [3.8, 4) is 5.69 Å². The molecule has 1 aromatic heterocycles. The van der Waals surface area contributed by atoms with Crippen LogP contribution in [0.1, 0.15) is 18.4 Å². The summed E-state index contributed by atoms with van der Waals surface area (Å²) in [4.78, 5) is 18.1. The summed E-state index contributed by atoms with van der Waals surface area (Å²) < 4.78 is 1.64. The first kappa shape index (κ1) is 17.1. The molecule has 1 fully saturated rings. The summed E-state index contributed by atoms with van der Waals surface area (Å²) in [5, 5.41) is 7.53. The largest absolute Gasteiger partial charge is 0.372 e. The second kappa shape index (κ2) is 7.13. The summed E-state index contributed by atoms with van der Waals surface area (Å²) in [5.41, 5.74) is 9.42. The van der Waals surface area contributed by atoms with Gasteiger partial charge in [-0.25, -0.2) is 4.79 Å². The first-order chi connectivity index (χ1) is 13.1. The molecule has 0 saturated carbocycles. The molecule has 7 heteroatoms. The molecule has 0 spiro atoms. The number of benzene rings is 1. The SMILES string of the molecule is Cc1ccc(-n2nc(N)nc2NC2C=CC(N3CCCC3)=CC2=C=O)cc1. The van der Waals surface area contributed by atoms with Gasteiger partial charge in [0.1, 0.15) is 5.94 Å². The lowest BCUT2D eigenvalue weighted by Gasteiger charge is -2.25. The number of aryl methyl sites for hydroxylation is 1. The number of nitrogens with zero attached hydrogens (tertiary/aromatic N) is 4. The molecule has 3 N–H and O–H groups in total. The van der Waals surface area contributed by atoms with Crippen molar-refractivity contribution in [2.75, 3.05) is 24.1 Å². The van der Waals surface area contributed by atoms with Crippen molar-refractivity contribution >= 4 is 17.8 Å². The van der Waals surface area contributed by atoms with Crippen molar-refractivity contribution in [1.29, 1.82) is 0 Å². The minimum Gasteiger partial charge on any atom is -0.372 e. The minimum atomic E-state index is -0.332. The van der Waals surface area contributed by atoms with Crippen molar-refractivity contribution in [3.63, 3.8) is 0 Å². The van der Waals surface area contributed by atoms with Gasteiger partial charge in [0, 0.05) is 18.8 Å². The van der Waals surface area contributed by atoms with Gasteiger partial charge in [-0.2, -0.15) is 9.67 Å². The third kappa shape index (κ3) is 3.50. The molecule has 1 atom stereocenters. The highest BCUT2D eigenvalue weighted by molar-refractivity contribution is 5.66. The number of nitrogen functional groups attached to an aromatic ring is 1. The second-order valence-corrected chi connectivity index (χ2v) is 6.84. The topological polar surface area (TPSA) is 89.1 Å². The van der Waals surface area contributed by atoms with Gasteiger partial charge in [-0.3, -0.25) is 0 Å². The van der Waals surface area contributed by atoms with E-state index in [2.05, 4.69) is 26.2 Å². The average Bonchev–Trinajstić information content (AvgIpc) is 3.33. The van der Waals surface area contributed by atoms with Gasteiger partial charge >= 0.3 is 0 Å². The van der Waals surface area contributed by atoms with Crippen LogP contribution in [0, 0.1) is 6.92 Å². The first-order valence-corrected chi connectivity index (χ1v) is 9.10. The number of aromatic nitrogens is 3. The van der Waals surface area contributed by atoms with Gasteiger partial charge in [0.05, 0.1) is 17.3 Å². The number of nitrogens with two attached hydrogens (primary N) is 1. The van der Waals surface area contributed by atoms with Gasteiger partial charge in [0.25, 0.3) is 0 Å². The van der Waals surface area contributed by atoms with Crippen molar-refractivity contribution in [3.05, 3.63) is 59.3 Å². The summed E-state index contributed by atoms with van der Waals surface area (Å²) in [6, 6.07) is 7.57. The van der Waals surface area contributed by atoms with E-state index in [1.54, 1.807) is 4.68 Å². The maximum Gasteiger partial charge on any atom is 0.241 e. The minimum absolute atomic E-state index is 0.169. The van der Waals surface area contributed by atoms with Crippen LogP contribution >= 0.6 is 0 Å². The van der Waals surface area contributed by atoms with Crippen molar-refractivity contribution in [2.24, 2.45) is 0 Å². The van der Waals surface area contributed by atoms with Crippen LogP contribution in [0.25, 0.3) is 5.69 Å². The van der Waals surface area contributed by atoms with Gasteiger partial charge in [-0.15, -0.1) is 5.10 Å². The Morgan fingerprint density at radius 2 is 1.96 bits per heavy atom. The fourth-order valence-corrected chi connectivity index (χ4v) is 3.41. The van der Waals surface area contributed by atoms with Crippen LogP contribution in [0.3, 0.4) is 0 Å². The fourth-order valence-electron chi connectivity index (χ4n) is 3.41. The van der Waals surface area contributed by atoms with E-state index >= 15 is 0 Å². The predicted molar refractivity (Wildman–Crippen MR) is 105 cm³/mol. The molecule has 7 nitrogen and oxygen atoms in total. The molecule has 0 bridgehead atoms. The molecular formula is C20H22N6O. The molecule has 1 unspecified atom stereocenters. The van der Waals surface area contributed by atoms with E-state index in [9.17, 15) is 4.79 Å². The highest BCUT2D eigenvalue weighted by atomic mass is 16.1. The van der Waals surface area contributed by atoms with E-state index in [4.69, 9.17) is 5.73 Å². The highest BCUT2D eigenvalue weighted by Gasteiger charge is 2.22. The summed E-state index contributed by atoms with van der Waals surface area (Å²) in [7, 11) is 0. The van der Waals surface area contributed by atoms with Crippen LogP contribution in [0.15, 0.2) is 53.8 Å². The van der Waals surface area contributed by atoms with E-state index in [0.717, 1.165) is 30.0 Å². The number of nitrogens with one attached hydrogen (secondary N) is 1. The monoisotopic (exact) mass is 362 g/mol. The van der Waals surface area contributed by atoms with E-state index in [1.807, 2.05) is 49.4 Å². The number of rotatable bonds is 4. The van der Waals surface area contributed by atoms with Crippen LogP contribution in [-0.4, -0.2) is 44.7 Å². The summed E-state index contributed by atoms with van der Waals surface area (Å²) in [5.74, 6) is 2.71. The summed E-state index contributed by atoms with van der Waals surface area (Å²) >= 11 is 0. The molecule has 0 radical (unpaired) electrons. The van der Waals surface area contributed by atoms with E-state index in [1.165, 1.54) is 12.8 Å². The molecule has 2 heterocycles.